The fourth-order valence-corrected chi connectivity index (χ4v) is 2.02. The van der Waals surface area contributed by atoms with Crippen molar-refractivity contribution < 1.29 is 19.5 Å². The molecule has 0 saturated carbocycles. The average molecular weight is 315 g/mol. The van der Waals surface area contributed by atoms with Gasteiger partial charge in [0, 0.05) is 0 Å². The number of nitrogens with zero attached hydrogens (tertiary/aromatic N) is 1. The molecule has 0 bridgehead atoms. The first-order chi connectivity index (χ1) is 11.2. The summed E-state index contributed by atoms with van der Waals surface area (Å²) in [6.45, 7) is 0.219. The van der Waals surface area contributed by atoms with Crippen LogP contribution in [0.4, 0.5) is 0 Å². The van der Waals surface area contributed by atoms with Crippen LogP contribution in [-0.2, 0) is 9.57 Å². The molecule has 0 heterocycles. The van der Waals surface area contributed by atoms with E-state index in [0.29, 0.717) is 18.4 Å². The zero-order valence-corrected chi connectivity index (χ0v) is 12.5. The molecule has 0 fully saturated rings. The van der Waals surface area contributed by atoms with Gasteiger partial charge in [0.05, 0.1) is 18.8 Å². The maximum atomic E-state index is 11.9. The van der Waals surface area contributed by atoms with Crippen LogP contribution in [0.2, 0.25) is 0 Å². The lowest BCUT2D eigenvalue weighted by atomic mass is 10.0. The van der Waals surface area contributed by atoms with E-state index in [9.17, 15) is 14.9 Å². The van der Waals surface area contributed by atoms with E-state index < -0.39 is 11.1 Å². The first kappa shape index (κ1) is 16.5. The lowest BCUT2D eigenvalue weighted by molar-refractivity contribution is -0.757. The Morgan fingerprint density at radius 2 is 1.52 bits per heavy atom. The Hall–Kier alpha value is -2.89. The number of ether oxygens (including phenoxy) is 1. The second-order valence-electron chi connectivity index (χ2n) is 4.84. The van der Waals surface area contributed by atoms with Crippen LogP contribution < -0.4 is 0 Å². The fourth-order valence-electron chi connectivity index (χ4n) is 2.02. The molecule has 0 aliphatic carbocycles. The number of hydrogen-bond donors (Lipinski definition) is 0. The minimum absolute atomic E-state index is 0.0102. The molecule has 0 aromatic heterocycles. The van der Waals surface area contributed by atoms with Gasteiger partial charge in [0.25, 0.3) is 5.09 Å². The highest BCUT2D eigenvalue weighted by Gasteiger charge is 2.07. The molecule has 0 saturated heterocycles. The SMILES string of the molecule is O=C(OCCCCO[N+](=O)[O-])c1ccc(-c2ccccc2)cc1. The van der Waals surface area contributed by atoms with Gasteiger partial charge >= 0.3 is 5.97 Å². The van der Waals surface area contributed by atoms with E-state index in [-0.39, 0.29) is 13.2 Å². The van der Waals surface area contributed by atoms with E-state index >= 15 is 0 Å². The molecule has 23 heavy (non-hydrogen) atoms. The predicted molar refractivity (Wildman–Crippen MR) is 84.3 cm³/mol. The number of esters is 1. The molecule has 0 amide bonds. The van der Waals surface area contributed by atoms with E-state index in [4.69, 9.17) is 4.74 Å². The van der Waals surface area contributed by atoms with Crippen molar-refractivity contribution in [3.63, 3.8) is 0 Å². The minimum atomic E-state index is -0.833. The van der Waals surface area contributed by atoms with Crippen LogP contribution in [0.3, 0.4) is 0 Å². The molecular weight excluding hydrogens is 298 g/mol. The summed E-state index contributed by atoms with van der Waals surface area (Å²) < 4.78 is 5.12. The molecule has 0 atom stereocenters. The molecule has 0 aliphatic heterocycles. The van der Waals surface area contributed by atoms with Crippen LogP contribution >= 0.6 is 0 Å². The lowest BCUT2D eigenvalue weighted by Crippen LogP contribution is -2.08. The van der Waals surface area contributed by atoms with Crippen molar-refractivity contribution in [2.75, 3.05) is 13.2 Å². The first-order valence-electron chi connectivity index (χ1n) is 7.27. The van der Waals surface area contributed by atoms with Gasteiger partial charge in [-0.05, 0) is 36.1 Å². The summed E-state index contributed by atoms with van der Waals surface area (Å²) in [6.07, 6.45) is 0.975. The second kappa shape index (κ2) is 8.53. The van der Waals surface area contributed by atoms with Crippen molar-refractivity contribution in [3.8, 4) is 11.1 Å². The van der Waals surface area contributed by atoms with Gasteiger partial charge in [0.2, 0.25) is 0 Å². The van der Waals surface area contributed by atoms with E-state index in [1.165, 1.54) is 0 Å². The molecule has 2 aromatic rings. The smallest absolute Gasteiger partial charge is 0.338 e. The Kier molecular flexibility index (Phi) is 6.11. The normalized spacial score (nSPS) is 10.1. The van der Waals surface area contributed by atoms with Gasteiger partial charge in [-0.2, -0.15) is 0 Å². The molecule has 6 nitrogen and oxygen atoms in total. The van der Waals surface area contributed by atoms with Gasteiger partial charge in [0.1, 0.15) is 0 Å². The summed E-state index contributed by atoms with van der Waals surface area (Å²) in [7, 11) is 0. The predicted octanol–water partition coefficient (Wildman–Crippen LogP) is 3.50. The Morgan fingerprint density at radius 1 is 0.913 bits per heavy atom. The number of carbonyl (C=O) groups excluding carboxylic acids is 1. The van der Waals surface area contributed by atoms with Crippen LogP contribution in [-0.4, -0.2) is 24.3 Å². The van der Waals surface area contributed by atoms with Crippen LogP contribution in [0, 0.1) is 10.1 Å². The average Bonchev–Trinajstić information content (AvgIpc) is 2.58. The van der Waals surface area contributed by atoms with Crippen LogP contribution in [0.1, 0.15) is 23.2 Å². The van der Waals surface area contributed by atoms with Crippen molar-refractivity contribution in [2.45, 2.75) is 12.8 Å². The molecule has 0 unspecified atom stereocenters. The Morgan fingerprint density at radius 3 is 2.17 bits per heavy atom. The second-order valence-corrected chi connectivity index (χ2v) is 4.84. The van der Waals surface area contributed by atoms with Crippen molar-refractivity contribution in [2.24, 2.45) is 0 Å². The monoisotopic (exact) mass is 315 g/mol. The van der Waals surface area contributed by atoms with E-state index in [0.717, 1.165) is 11.1 Å². The van der Waals surface area contributed by atoms with Crippen LogP contribution in [0.15, 0.2) is 54.6 Å². The highest BCUT2D eigenvalue weighted by atomic mass is 16.9. The third kappa shape index (κ3) is 5.43. The van der Waals surface area contributed by atoms with Gasteiger partial charge in [-0.25, -0.2) is 4.79 Å². The molecule has 2 rings (SSSR count). The van der Waals surface area contributed by atoms with E-state index in [2.05, 4.69) is 4.84 Å². The zero-order valence-electron chi connectivity index (χ0n) is 12.5. The fraction of sp³-hybridized carbons (Fsp3) is 0.235. The van der Waals surface area contributed by atoms with Crippen molar-refractivity contribution in [1.29, 1.82) is 0 Å². The highest BCUT2D eigenvalue weighted by Crippen LogP contribution is 2.19. The quantitative estimate of drug-likeness (QED) is 0.322. The van der Waals surface area contributed by atoms with Crippen molar-refractivity contribution in [1.82, 2.24) is 0 Å². The van der Waals surface area contributed by atoms with Gasteiger partial charge in [-0.15, -0.1) is 10.1 Å². The lowest BCUT2D eigenvalue weighted by Gasteiger charge is -2.06. The third-order valence-corrected chi connectivity index (χ3v) is 3.20. The Balaban J connectivity index is 1.78. The van der Waals surface area contributed by atoms with Crippen LogP contribution in [0.25, 0.3) is 11.1 Å². The largest absolute Gasteiger partial charge is 0.462 e. The summed E-state index contributed by atoms with van der Waals surface area (Å²) in [5, 5.41) is 9.12. The zero-order chi connectivity index (χ0) is 16.5. The van der Waals surface area contributed by atoms with Crippen molar-refractivity contribution >= 4 is 5.97 Å². The molecule has 6 heteroatoms. The number of rotatable bonds is 8. The Bertz CT molecular complexity index is 640. The van der Waals surface area contributed by atoms with Gasteiger partial charge in [-0.3, -0.25) is 0 Å². The van der Waals surface area contributed by atoms with Gasteiger partial charge in [0.15, 0.2) is 0 Å². The molecule has 2 aromatic carbocycles. The molecule has 0 aliphatic rings. The topological polar surface area (TPSA) is 78.7 Å². The summed E-state index contributed by atoms with van der Waals surface area (Å²) in [4.78, 5) is 26.0. The standard InChI is InChI=1S/C17H17NO5/c19-17(22-12-4-5-13-23-18(20)21)16-10-8-15(9-11-16)14-6-2-1-3-7-14/h1-3,6-11H,4-5,12-13H2. The minimum Gasteiger partial charge on any atom is -0.462 e. The number of benzene rings is 2. The summed E-state index contributed by atoms with van der Waals surface area (Å²) in [6, 6.07) is 17.1. The maximum Gasteiger partial charge on any atom is 0.338 e. The molecule has 0 N–H and O–H groups in total. The maximum absolute atomic E-state index is 11.9. The van der Waals surface area contributed by atoms with Crippen LogP contribution in [0.5, 0.6) is 0 Å². The third-order valence-electron chi connectivity index (χ3n) is 3.20. The number of unbranched alkanes of at least 4 members (excludes halogenated alkanes) is 1. The van der Waals surface area contributed by atoms with Gasteiger partial charge < -0.3 is 9.57 Å². The highest BCUT2D eigenvalue weighted by molar-refractivity contribution is 5.90. The van der Waals surface area contributed by atoms with E-state index in [1.807, 2.05) is 42.5 Å². The van der Waals surface area contributed by atoms with Gasteiger partial charge in [-0.1, -0.05) is 42.5 Å². The summed E-state index contributed by atoms with van der Waals surface area (Å²) in [5.74, 6) is -0.403. The van der Waals surface area contributed by atoms with Crippen molar-refractivity contribution in [3.05, 3.63) is 70.3 Å². The van der Waals surface area contributed by atoms with E-state index in [1.54, 1.807) is 12.1 Å². The molecule has 0 radical (unpaired) electrons. The summed E-state index contributed by atoms with van der Waals surface area (Å²) >= 11 is 0. The number of carbonyl (C=O) groups is 1. The Labute approximate surface area is 133 Å². The summed E-state index contributed by atoms with van der Waals surface area (Å²) in [5.41, 5.74) is 2.59. The first-order valence-corrected chi connectivity index (χ1v) is 7.27. The molecule has 0 spiro atoms. The molecule has 120 valence electrons. The molecular formula is C17H17NO5. The number of hydrogen-bond acceptors (Lipinski definition) is 5.